The molecule has 2 aromatic carbocycles. The summed E-state index contributed by atoms with van der Waals surface area (Å²) in [7, 11) is 1.61. The van der Waals surface area contributed by atoms with Crippen LogP contribution in [0.3, 0.4) is 0 Å². The van der Waals surface area contributed by atoms with Crippen molar-refractivity contribution in [1.82, 2.24) is 0 Å². The number of methoxy groups -OCH3 is 1. The Morgan fingerprint density at radius 3 is 2.70 bits per heavy atom. The molecule has 1 aliphatic rings. The van der Waals surface area contributed by atoms with Gasteiger partial charge in [0.1, 0.15) is 18.0 Å². The average molecular weight is 369 g/mol. The van der Waals surface area contributed by atoms with E-state index in [4.69, 9.17) is 9.57 Å². The molecule has 0 atom stereocenters. The number of benzene rings is 2. The number of hydrogen-bond donors (Lipinski definition) is 0. The number of nitro groups is 1. The minimum absolute atomic E-state index is 0.0983. The van der Waals surface area contributed by atoms with Crippen molar-refractivity contribution in [1.29, 1.82) is 0 Å². The zero-order chi connectivity index (χ0) is 19.2. The van der Waals surface area contributed by atoms with Gasteiger partial charge in [-0.15, -0.1) is 0 Å². The Morgan fingerprint density at radius 1 is 1.22 bits per heavy atom. The first-order chi connectivity index (χ1) is 13.1. The van der Waals surface area contributed by atoms with Gasteiger partial charge in [0.15, 0.2) is 0 Å². The van der Waals surface area contributed by atoms with E-state index in [0.29, 0.717) is 11.3 Å². The van der Waals surface area contributed by atoms with Crippen LogP contribution in [0.2, 0.25) is 0 Å². The molecule has 0 N–H and O–H groups in total. The standard InChI is InChI=1S/C20H23N3O4/c1-15-5-8-20(26-2)17(11-15)14-27-21-13-16-6-7-18(19(12-16)23(24)25)22-9-3-4-10-22/h5-8,11-13H,3-4,9-10,14H2,1-2H3. The molecule has 1 fully saturated rings. The molecule has 3 rings (SSSR count). The van der Waals surface area contributed by atoms with Crippen molar-refractivity contribution >= 4 is 17.6 Å². The van der Waals surface area contributed by atoms with Crippen LogP contribution in [0.5, 0.6) is 5.75 Å². The number of rotatable bonds is 7. The van der Waals surface area contributed by atoms with Crippen molar-refractivity contribution in [2.45, 2.75) is 26.4 Å². The van der Waals surface area contributed by atoms with Crippen molar-refractivity contribution < 1.29 is 14.5 Å². The van der Waals surface area contributed by atoms with Crippen LogP contribution in [0, 0.1) is 17.0 Å². The molecule has 0 unspecified atom stereocenters. The van der Waals surface area contributed by atoms with Crippen LogP contribution in [0.25, 0.3) is 0 Å². The van der Waals surface area contributed by atoms with Gasteiger partial charge in [-0.3, -0.25) is 10.1 Å². The number of hydrogen-bond acceptors (Lipinski definition) is 6. The van der Waals surface area contributed by atoms with Crippen molar-refractivity contribution in [2.75, 3.05) is 25.1 Å². The Bertz CT molecular complexity index is 845. The molecule has 0 aromatic heterocycles. The fourth-order valence-electron chi connectivity index (χ4n) is 3.22. The first-order valence-corrected chi connectivity index (χ1v) is 8.90. The van der Waals surface area contributed by atoms with Crippen LogP contribution in [-0.2, 0) is 11.4 Å². The van der Waals surface area contributed by atoms with Crippen LogP contribution in [0.4, 0.5) is 11.4 Å². The number of oxime groups is 1. The number of ether oxygens (including phenoxy) is 1. The maximum atomic E-state index is 11.4. The van der Waals surface area contributed by atoms with E-state index in [-0.39, 0.29) is 17.2 Å². The fraction of sp³-hybridized carbons (Fsp3) is 0.350. The third-order valence-corrected chi connectivity index (χ3v) is 4.58. The van der Waals surface area contributed by atoms with Crippen molar-refractivity contribution in [3.8, 4) is 5.75 Å². The molecule has 0 aliphatic carbocycles. The van der Waals surface area contributed by atoms with Crippen molar-refractivity contribution in [3.63, 3.8) is 0 Å². The van der Waals surface area contributed by atoms with E-state index in [1.54, 1.807) is 13.2 Å². The zero-order valence-electron chi connectivity index (χ0n) is 15.6. The number of aryl methyl sites for hydroxylation is 1. The van der Waals surface area contributed by atoms with E-state index < -0.39 is 0 Å². The van der Waals surface area contributed by atoms with Gasteiger partial charge in [0.05, 0.1) is 18.2 Å². The topological polar surface area (TPSA) is 77.2 Å². The Balaban J connectivity index is 1.69. The van der Waals surface area contributed by atoms with E-state index >= 15 is 0 Å². The van der Waals surface area contributed by atoms with Crippen molar-refractivity contribution in [3.05, 3.63) is 63.2 Å². The first kappa shape index (κ1) is 18.7. The second-order valence-corrected chi connectivity index (χ2v) is 6.52. The van der Waals surface area contributed by atoms with Crippen LogP contribution in [0.1, 0.15) is 29.5 Å². The monoisotopic (exact) mass is 369 g/mol. The van der Waals surface area contributed by atoms with Gasteiger partial charge in [0, 0.05) is 30.3 Å². The smallest absolute Gasteiger partial charge is 0.293 e. The molecule has 0 spiro atoms. The van der Waals surface area contributed by atoms with E-state index in [9.17, 15) is 10.1 Å². The fourth-order valence-corrected chi connectivity index (χ4v) is 3.22. The van der Waals surface area contributed by atoms with Crippen LogP contribution >= 0.6 is 0 Å². The molecule has 1 saturated heterocycles. The lowest BCUT2D eigenvalue weighted by atomic mass is 10.1. The number of anilines is 1. The highest BCUT2D eigenvalue weighted by atomic mass is 16.6. The summed E-state index contributed by atoms with van der Waals surface area (Å²) < 4.78 is 5.31. The van der Waals surface area contributed by atoms with E-state index in [1.165, 1.54) is 12.3 Å². The predicted molar refractivity (Wildman–Crippen MR) is 105 cm³/mol. The molecule has 1 heterocycles. The summed E-state index contributed by atoms with van der Waals surface area (Å²) in [6.45, 7) is 3.97. The van der Waals surface area contributed by atoms with E-state index in [2.05, 4.69) is 10.1 Å². The van der Waals surface area contributed by atoms with Crippen LogP contribution < -0.4 is 9.64 Å². The first-order valence-electron chi connectivity index (χ1n) is 8.90. The molecule has 0 bridgehead atoms. The molecule has 142 valence electrons. The molecule has 0 radical (unpaired) electrons. The maximum Gasteiger partial charge on any atom is 0.293 e. The van der Waals surface area contributed by atoms with Gasteiger partial charge in [0.25, 0.3) is 5.69 Å². The second kappa shape index (κ2) is 8.53. The van der Waals surface area contributed by atoms with E-state index in [0.717, 1.165) is 42.8 Å². The Morgan fingerprint density at radius 2 is 2.00 bits per heavy atom. The summed E-state index contributed by atoms with van der Waals surface area (Å²) in [5.74, 6) is 0.737. The number of nitro benzene ring substituents is 1. The van der Waals surface area contributed by atoms with Gasteiger partial charge < -0.3 is 14.5 Å². The highest BCUT2D eigenvalue weighted by Gasteiger charge is 2.22. The molecule has 1 aliphatic heterocycles. The molecule has 2 aromatic rings. The minimum atomic E-state index is -0.344. The summed E-state index contributed by atoms with van der Waals surface area (Å²) in [4.78, 5) is 18.5. The second-order valence-electron chi connectivity index (χ2n) is 6.52. The Hall–Kier alpha value is -3.09. The summed E-state index contributed by atoms with van der Waals surface area (Å²) in [5, 5.41) is 15.4. The SMILES string of the molecule is COc1ccc(C)cc1CON=Cc1ccc(N2CCCC2)c([N+](=O)[O-])c1. The molecule has 27 heavy (non-hydrogen) atoms. The normalized spacial score (nSPS) is 13.9. The minimum Gasteiger partial charge on any atom is -0.496 e. The predicted octanol–water partition coefficient (Wildman–Crippen LogP) is 4.06. The third kappa shape index (κ3) is 4.55. The molecule has 7 nitrogen and oxygen atoms in total. The summed E-state index contributed by atoms with van der Waals surface area (Å²) in [6, 6.07) is 11.0. The van der Waals surface area contributed by atoms with Gasteiger partial charge in [-0.1, -0.05) is 22.9 Å². The lowest BCUT2D eigenvalue weighted by Gasteiger charge is -2.17. The summed E-state index contributed by atoms with van der Waals surface area (Å²) in [5.41, 5.74) is 3.39. The van der Waals surface area contributed by atoms with Gasteiger partial charge in [-0.2, -0.15) is 0 Å². The van der Waals surface area contributed by atoms with Gasteiger partial charge in [0.2, 0.25) is 0 Å². The number of nitrogens with zero attached hydrogens (tertiary/aromatic N) is 3. The summed E-state index contributed by atoms with van der Waals surface area (Å²) in [6.07, 6.45) is 3.62. The molecule has 0 amide bonds. The molecule has 7 heteroatoms. The van der Waals surface area contributed by atoms with Gasteiger partial charge in [-0.25, -0.2) is 0 Å². The lowest BCUT2D eigenvalue weighted by molar-refractivity contribution is -0.384. The Kier molecular flexibility index (Phi) is 5.90. The Labute approximate surface area is 158 Å². The quantitative estimate of drug-likeness (QED) is 0.418. The van der Waals surface area contributed by atoms with Gasteiger partial charge >= 0.3 is 0 Å². The lowest BCUT2D eigenvalue weighted by Crippen LogP contribution is -2.18. The molecular weight excluding hydrogens is 346 g/mol. The molecule has 0 saturated carbocycles. The van der Waals surface area contributed by atoms with Crippen molar-refractivity contribution in [2.24, 2.45) is 5.16 Å². The maximum absolute atomic E-state index is 11.4. The van der Waals surface area contributed by atoms with Crippen LogP contribution in [-0.4, -0.2) is 31.3 Å². The molecular formula is C20H23N3O4. The zero-order valence-corrected chi connectivity index (χ0v) is 15.6. The largest absolute Gasteiger partial charge is 0.496 e. The van der Waals surface area contributed by atoms with E-state index in [1.807, 2.05) is 31.2 Å². The third-order valence-electron chi connectivity index (χ3n) is 4.58. The van der Waals surface area contributed by atoms with Crippen LogP contribution in [0.15, 0.2) is 41.6 Å². The summed E-state index contributed by atoms with van der Waals surface area (Å²) >= 11 is 0. The highest BCUT2D eigenvalue weighted by molar-refractivity contribution is 5.83. The van der Waals surface area contributed by atoms with Gasteiger partial charge in [-0.05, 0) is 38.0 Å². The highest BCUT2D eigenvalue weighted by Crippen LogP contribution is 2.31. The average Bonchev–Trinajstić information content (AvgIpc) is 3.20.